The van der Waals surface area contributed by atoms with E-state index in [0.29, 0.717) is 13.2 Å². The molecule has 0 atom stereocenters. The zero-order chi connectivity index (χ0) is 12.5. The zero-order valence-corrected chi connectivity index (χ0v) is 11.2. The van der Waals surface area contributed by atoms with Gasteiger partial charge in [0.05, 0.1) is 13.2 Å². The molecule has 0 aromatic heterocycles. The van der Waals surface area contributed by atoms with Crippen LogP contribution in [0.5, 0.6) is 0 Å². The second-order valence-electron chi connectivity index (χ2n) is 4.78. The monoisotopic (exact) mass is 242 g/mol. The fraction of sp³-hybridized carbons (Fsp3) is 0.923. The summed E-state index contributed by atoms with van der Waals surface area (Å²) in [6.07, 6.45) is 4.93. The molecular formula is C13H26N2O2. The van der Waals surface area contributed by atoms with Gasteiger partial charge < -0.3 is 15.0 Å². The first-order valence-electron chi connectivity index (χ1n) is 6.75. The smallest absolute Gasteiger partial charge is 0.236 e. The summed E-state index contributed by atoms with van der Waals surface area (Å²) in [5.41, 5.74) is 0. The first-order chi connectivity index (χ1) is 8.27. The van der Waals surface area contributed by atoms with Crippen molar-refractivity contribution < 1.29 is 9.53 Å². The normalized spacial score (nSPS) is 17.4. The zero-order valence-electron chi connectivity index (χ0n) is 11.2. The third-order valence-corrected chi connectivity index (χ3v) is 3.42. The van der Waals surface area contributed by atoms with Crippen molar-refractivity contribution >= 4 is 5.91 Å². The number of likely N-dealkylation sites (tertiary alicyclic amines) is 1. The fourth-order valence-corrected chi connectivity index (χ4v) is 2.36. The summed E-state index contributed by atoms with van der Waals surface area (Å²) in [6, 6.07) is 0. The van der Waals surface area contributed by atoms with Crippen LogP contribution in [0, 0.1) is 5.92 Å². The third kappa shape index (κ3) is 5.50. The largest absolute Gasteiger partial charge is 0.383 e. The average molecular weight is 242 g/mol. The number of carbonyl (C=O) groups is 1. The van der Waals surface area contributed by atoms with E-state index < -0.39 is 0 Å². The first kappa shape index (κ1) is 14.5. The third-order valence-electron chi connectivity index (χ3n) is 3.42. The summed E-state index contributed by atoms with van der Waals surface area (Å²) in [7, 11) is 1.67. The minimum Gasteiger partial charge on any atom is -0.383 e. The van der Waals surface area contributed by atoms with Crippen molar-refractivity contribution in [2.75, 3.05) is 39.9 Å². The fourth-order valence-electron chi connectivity index (χ4n) is 2.36. The molecule has 1 heterocycles. The number of ether oxygens (including phenoxy) is 1. The van der Waals surface area contributed by atoms with Gasteiger partial charge in [-0.05, 0) is 18.8 Å². The molecule has 100 valence electrons. The van der Waals surface area contributed by atoms with Gasteiger partial charge in [0.25, 0.3) is 0 Å². The topological polar surface area (TPSA) is 41.6 Å². The Bertz CT molecular complexity index is 213. The van der Waals surface area contributed by atoms with Crippen molar-refractivity contribution in [3.05, 3.63) is 0 Å². The molecule has 0 aliphatic carbocycles. The lowest BCUT2D eigenvalue weighted by molar-refractivity contribution is -0.131. The number of piperidine rings is 1. The molecule has 0 bridgehead atoms. The molecule has 17 heavy (non-hydrogen) atoms. The number of carbonyl (C=O) groups excluding carboxylic acids is 1. The minimum atomic E-state index is 0.232. The Morgan fingerprint density at radius 1 is 1.41 bits per heavy atom. The van der Waals surface area contributed by atoms with E-state index in [9.17, 15) is 4.79 Å². The van der Waals surface area contributed by atoms with Crippen molar-refractivity contribution in [1.29, 1.82) is 0 Å². The Balaban J connectivity index is 2.12. The average Bonchev–Trinajstić information content (AvgIpc) is 2.36. The lowest BCUT2D eigenvalue weighted by Crippen LogP contribution is -2.43. The van der Waals surface area contributed by atoms with E-state index in [2.05, 4.69) is 12.2 Å². The molecule has 1 fully saturated rings. The van der Waals surface area contributed by atoms with Gasteiger partial charge in [-0.1, -0.05) is 19.8 Å². The second-order valence-corrected chi connectivity index (χ2v) is 4.78. The van der Waals surface area contributed by atoms with Gasteiger partial charge in [0.1, 0.15) is 0 Å². The lowest BCUT2D eigenvalue weighted by Gasteiger charge is -2.32. The van der Waals surface area contributed by atoms with Crippen molar-refractivity contribution in [2.45, 2.75) is 32.6 Å². The van der Waals surface area contributed by atoms with Crippen molar-refractivity contribution in [1.82, 2.24) is 10.2 Å². The molecule has 1 amide bonds. The second kappa shape index (κ2) is 8.48. The number of methoxy groups -OCH3 is 1. The van der Waals surface area contributed by atoms with Gasteiger partial charge in [0.2, 0.25) is 5.91 Å². The van der Waals surface area contributed by atoms with E-state index >= 15 is 0 Å². The Kier molecular flexibility index (Phi) is 7.21. The molecule has 0 spiro atoms. The van der Waals surface area contributed by atoms with E-state index in [1.165, 1.54) is 25.7 Å². The van der Waals surface area contributed by atoms with Crippen molar-refractivity contribution in [3.8, 4) is 0 Å². The molecule has 1 rings (SSSR count). The van der Waals surface area contributed by atoms with Crippen LogP contribution in [0.4, 0.5) is 0 Å². The maximum absolute atomic E-state index is 11.8. The number of nitrogens with zero attached hydrogens (tertiary/aromatic N) is 1. The molecule has 0 aromatic carbocycles. The number of hydrogen-bond acceptors (Lipinski definition) is 3. The summed E-state index contributed by atoms with van der Waals surface area (Å²) in [6.45, 7) is 5.96. The van der Waals surface area contributed by atoms with Crippen molar-refractivity contribution in [2.24, 2.45) is 5.92 Å². The van der Waals surface area contributed by atoms with Gasteiger partial charge >= 0.3 is 0 Å². The first-order valence-corrected chi connectivity index (χ1v) is 6.75. The Morgan fingerprint density at radius 2 is 2.12 bits per heavy atom. The van der Waals surface area contributed by atoms with E-state index in [1.54, 1.807) is 7.11 Å². The van der Waals surface area contributed by atoms with Crippen LogP contribution in [0.3, 0.4) is 0 Å². The van der Waals surface area contributed by atoms with E-state index in [1.807, 2.05) is 4.90 Å². The maximum Gasteiger partial charge on any atom is 0.236 e. The highest BCUT2D eigenvalue weighted by Crippen LogP contribution is 2.21. The number of amides is 1. The molecular weight excluding hydrogens is 216 g/mol. The quantitative estimate of drug-likeness (QED) is 0.683. The Hall–Kier alpha value is -0.610. The standard InChI is InChI=1S/C13H26N2O2/c1-3-4-12-5-8-15(9-6-12)13(16)11-14-7-10-17-2/h12,14H,3-11H2,1-2H3. The van der Waals surface area contributed by atoms with Crippen LogP contribution >= 0.6 is 0 Å². The van der Waals surface area contributed by atoms with Gasteiger partial charge in [0.15, 0.2) is 0 Å². The van der Waals surface area contributed by atoms with Gasteiger partial charge in [-0.2, -0.15) is 0 Å². The van der Waals surface area contributed by atoms with Crippen LogP contribution in [0.15, 0.2) is 0 Å². The number of nitrogens with one attached hydrogen (secondary N) is 1. The number of rotatable bonds is 7. The van der Waals surface area contributed by atoms with Crippen LogP contribution in [-0.4, -0.2) is 50.7 Å². The Morgan fingerprint density at radius 3 is 2.71 bits per heavy atom. The minimum absolute atomic E-state index is 0.232. The predicted molar refractivity (Wildman–Crippen MR) is 69.0 cm³/mol. The van der Waals surface area contributed by atoms with Gasteiger partial charge in [-0.25, -0.2) is 0 Å². The Labute approximate surface area is 105 Å². The molecule has 1 saturated heterocycles. The van der Waals surface area contributed by atoms with Gasteiger partial charge in [-0.15, -0.1) is 0 Å². The van der Waals surface area contributed by atoms with Crippen molar-refractivity contribution in [3.63, 3.8) is 0 Å². The summed E-state index contributed by atoms with van der Waals surface area (Å²) in [4.78, 5) is 13.8. The maximum atomic E-state index is 11.8. The lowest BCUT2D eigenvalue weighted by atomic mass is 9.92. The summed E-state index contributed by atoms with van der Waals surface area (Å²) >= 11 is 0. The summed E-state index contributed by atoms with van der Waals surface area (Å²) in [5.74, 6) is 1.07. The van der Waals surface area contributed by atoms with Crippen LogP contribution in [0.1, 0.15) is 32.6 Å². The summed E-state index contributed by atoms with van der Waals surface area (Å²) < 4.78 is 4.92. The SMILES string of the molecule is CCCC1CCN(C(=O)CNCCOC)CC1. The molecule has 0 saturated carbocycles. The molecule has 1 N–H and O–H groups in total. The highest BCUT2D eigenvalue weighted by Gasteiger charge is 2.21. The molecule has 1 aliphatic heterocycles. The highest BCUT2D eigenvalue weighted by molar-refractivity contribution is 5.78. The van der Waals surface area contributed by atoms with E-state index in [-0.39, 0.29) is 5.91 Å². The van der Waals surface area contributed by atoms with Gasteiger partial charge in [-0.3, -0.25) is 4.79 Å². The molecule has 0 unspecified atom stereocenters. The van der Waals surface area contributed by atoms with Crippen LogP contribution in [-0.2, 0) is 9.53 Å². The molecule has 4 heteroatoms. The molecule has 0 aromatic rings. The van der Waals surface area contributed by atoms with E-state index in [0.717, 1.165) is 25.6 Å². The highest BCUT2D eigenvalue weighted by atomic mass is 16.5. The van der Waals surface area contributed by atoms with E-state index in [4.69, 9.17) is 4.74 Å². The molecule has 0 radical (unpaired) electrons. The number of hydrogen-bond donors (Lipinski definition) is 1. The molecule has 4 nitrogen and oxygen atoms in total. The predicted octanol–water partition coefficient (Wildman–Crippen LogP) is 1.26. The van der Waals surface area contributed by atoms with Crippen LogP contribution < -0.4 is 5.32 Å². The van der Waals surface area contributed by atoms with Crippen LogP contribution in [0.25, 0.3) is 0 Å². The molecule has 1 aliphatic rings. The van der Waals surface area contributed by atoms with Gasteiger partial charge in [0, 0.05) is 26.7 Å². The summed E-state index contributed by atoms with van der Waals surface area (Å²) in [5, 5.41) is 3.10. The van der Waals surface area contributed by atoms with Crippen LogP contribution in [0.2, 0.25) is 0 Å².